The minimum absolute atomic E-state index is 0.110. The molecule has 158 valence electrons. The van der Waals surface area contributed by atoms with Crippen LogP contribution in [-0.2, 0) is 11.3 Å². The van der Waals surface area contributed by atoms with E-state index >= 15 is 0 Å². The summed E-state index contributed by atoms with van der Waals surface area (Å²) in [6.07, 6.45) is 1.41. The van der Waals surface area contributed by atoms with E-state index in [1.165, 1.54) is 0 Å². The zero-order valence-corrected chi connectivity index (χ0v) is 17.6. The number of carbonyl (C=O) groups excluding carboxylic acids is 1. The summed E-state index contributed by atoms with van der Waals surface area (Å²) in [6, 6.07) is 16.6. The summed E-state index contributed by atoms with van der Waals surface area (Å²) >= 11 is 0. The van der Waals surface area contributed by atoms with Crippen LogP contribution < -0.4 is 10.1 Å². The number of benzene rings is 2. The van der Waals surface area contributed by atoms with E-state index in [4.69, 9.17) is 9.47 Å². The molecule has 0 aromatic heterocycles. The minimum atomic E-state index is -0.110. The third-order valence-corrected chi connectivity index (χ3v) is 5.06. The maximum atomic E-state index is 12.5. The van der Waals surface area contributed by atoms with E-state index in [9.17, 15) is 10.1 Å². The van der Waals surface area contributed by atoms with Gasteiger partial charge in [-0.05, 0) is 44.5 Å². The molecule has 6 nitrogen and oxygen atoms in total. The van der Waals surface area contributed by atoms with Crippen molar-refractivity contribution in [1.29, 1.82) is 5.26 Å². The molecule has 0 spiro atoms. The molecule has 1 N–H and O–H groups in total. The largest absolute Gasteiger partial charge is 0.489 e. The topological polar surface area (TPSA) is 74.6 Å². The SMILES string of the molecule is CC1CN(CCCNC(=O)c2cccc(OCc3ccccc3C#N)c2)CC(C)O1. The molecule has 2 aromatic carbocycles. The Balaban J connectivity index is 1.45. The molecular weight excluding hydrogens is 378 g/mol. The molecule has 1 saturated heterocycles. The van der Waals surface area contributed by atoms with Gasteiger partial charge >= 0.3 is 0 Å². The van der Waals surface area contributed by atoms with Gasteiger partial charge in [0.1, 0.15) is 12.4 Å². The Bertz CT molecular complexity index is 883. The molecule has 30 heavy (non-hydrogen) atoms. The fourth-order valence-corrected chi connectivity index (χ4v) is 3.72. The summed E-state index contributed by atoms with van der Waals surface area (Å²) in [5, 5.41) is 12.2. The van der Waals surface area contributed by atoms with Gasteiger partial charge in [0.05, 0.1) is 23.8 Å². The number of hydrogen-bond donors (Lipinski definition) is 1. The van der Waals surface area contributed by atoms with Crippen molar-refractivity contribution in [2.24, 2.45) is 0 Å². The second-order valence-corrected chi connectivity index (χ2v) is 7.71. The Hall–Kier alpha value is -2.88. The van der Waals surface area contributed by atoms with E-state index in [1.807, 2.05) is 24.3 Å². The number of nitrogens with zero attached hydrogens (tertiary/aromatic N) is 2. The summed E-state index contributed by atoms with van der Waals surface area (Å²) in [6.45, 7) is 7.92. The van der Waals surface area contributed by atoms with Gasteiger partial charge < -0.3 is 14.8 Å². The van der Waals surface area contributed by atoms with Crippen molar-refractivity contribution in [2.75, 3.05) is 26.2 Å². The lowest BCUT2D eigenvalue weighted by Crippen LogP contribution is -2.46. The highest BCUT2D eigenvalue weighted by Gasteiger charge is 2.21. The van der Waals surface area contributed by atoms with Gasteiger partial charge in [-0.3, -0.25) is 9.69 Å². The lowest BCUT2D eigenvalue weighted by atomic mass is 10.1. The Labute approximate surface area is 178 Å². The monoisotopic (exact) mass is 407 g/mol. The Morgan fingerprint density at radius 3 is 2.73 bits per heavy atom. The molecule has 1 heterocycles. The summed E-state index contributed by atoms with van der Waals surface area (Å²) in [4.78, 5) is 14.9. The van der Waals surface area contributed by atoms with Crippen LogP contribution in [0.3, 0.4) is 0 Å². The van der Waals surface area contributed by atoms with Crippen molar-refractivity contribution in [3.8, 4) is 11.8 Å². The first kappa shape index (κ1) is 21.8. The lowest BCUT2D eigenvalue weighted by molar-refractivity contribution is -0.0679. The van der Waals surface area contributed by atoms with Gasteiger partial charge in [0.25, 0.3) is 5.91 Å². The zero-order valence-electron chi connectivity index (χ0n) is 17.6. The maximum absolute atomic E-state index is 12.5. The molecule has 2 aromatic rings. The Kier molecular flexibility index (Phi) is 7.83. The minimum Gasteiger partial charge on any atom is -0.489 e. The number of nitrogens with one attached hydrogen (secondary N) is 1. The smallest absolute Gasteiger partial charge is 0.251 e. The number of hydrogen-bond acceptors (Lipinski definition) is 5. The van der Waals surface area contributed by atoms with Crippen molar-refractivity contribution in [3.05, 3.63) is 65.2 Å². The molecule has 0 radical (unpaired) electrons. The van der Waals surface area contributed by atoms with E-state index in [0.29, 0.717) is 23.4 Å². The van der Waals surface area contributed by atoms with Gasteiger partial charge in [-0.1, -0.05) is 24.3 Å². The van der Waals surface area contributed by atoms with Crippen LogP contribution in [0.5, 0.6) is 5.75 Å². The Morgan fingerprint density at radius 2 is 1.97 bits per heavy atom. The van der Waals surface area contributed by atoms with Gasteiger partial charge in [0, 0.05) is 37.3 Å². The van der Waals surface area contributed by atoms with Crippen LogP contribution in [0.25, 0.3) is 0 Å². The molecule has 1 aliphatic heterocycles. The highest BCUT2D eigenvalue weighted by atomic mass is 16.5. The molecule has 1 aliphatic rings. The summed E-state index contributed by atoms with van der Waals surface area (Å²) < 4.78 is 11.6. The molecule has 6 heteroatoms. The number of morpholine rings is 1. The fourth-order valence-electron chi connectivity index (χ4n) is 3.72. The fraction of sp³-hybridized carbons (Fsp3) is 0.417. The number of carbonyl (C=O) groups is 1. The number of amides is 1. The molecule has 2 unspecified atom stereocenters. The molecule has 1 fully saturated rings. The lowest BCUT2D eigenvalue weighted by Gasteiger charge is -2.35. The van der Waals surface area contributed by atoms with Gasteiger partial charge in [0.15, 0.2) is 0 Å². The molecule has 0 aliphatic carbocycles. The number of ether oxygens (including phenoxy) is 2. The van der Waals surface area contributed by atoms with Crippen LogP contribution in [0.15, 0.2) is 48.5 Å². The molecular formula is C24H29N3O3. The average Bonchev–Trinajstić information content (AvgIpc) is 2.75. The number of rotatable bonds is 8. The van der Waals surface area contributed by atoms with Gasteiger partial charge in [-0.25, -0.2) is 0 Å². The first-order valence-corrected chi connectivity index (χ1v) is 10.4. The van der Waals surface area contributed by atoms with Crippen LogP contribution in [-0.4, -0.2) is 49.2 Å². The van der Waals surface area contributed by atoms with Crippen LogP contribution in [0, 0.1) is 11.3 Å². The van der Waals surface area contributed by atoms with Crippen molar-refractivity contribution in [2.45, 2.75) is 39.1 Å². The predicted molar refractivity (Wildman–Crippen MR) is 115 cm³/mol. The predicted octanol–water partition coefficient (Wildman–Crippen LogP) is 3.37. The Morgan fingerprint density at radius 1 is 1.20 bits per heavy atom. The summed E-state index contributed by atoms with van der Waals surface area (Å²) in [5.74, 6) is 0.494. The van der Waals surface area contributed by atoms with Crippen molar-refractivity contribution >= 4 is 5.91 Å². The summed E-state index contributed by atoms with van der Waals surface area (Å²) in [7, 11) is 0. The molecule has 0 bridgehead atoms. The highest BCUT2D eigenvalue weighted by Crippen LogP contribution is 2.17. The first-order chi connectivity index (χ1) is 14.5. The zero-order chi connectivity index (χ0) is 21.3. The average molecular weight is 408 g/mol. The molecule has 0 saturated carbocycles. The van der Waals surface area contributed by atoms with Gasteiger partial charge in [-0.2, -0.15) is 5.26 Å². The normalized spacial score (nSPS) is 19.1. The third-order valence-electron chi connectivity index (χ3n) is 5.06. The second-order valence-electron chi connectivity index (χ2n) is 7.71. The van der Waals surface area contributed by atoms with Crippen molar-refractivity contribution in [1.82, 2.24) is 10.2 Å². The molecule has 2 atom stereocenters. The number of nitriles is 1. The van der Waals surface area contributed by atoms with Crippen LogP contribution in [0.2, 0.25) is 0 Å². The maximum Gasteiger partial charge on any atom is 0.251 e. The van der Waals surface area contributed by atoms with Crippen LogP contribution in [0.4, 0.5) is 0 Å². The third kappa shape index (κ3) is 6.31. The van der Waals surface area contributed by atoms with E-state index in [-0.39, 0.29) is 24.7 Å². The quantitative estimate of drug-likeness (QED) is 0.679. The standard InChI is InChI=1S/C24H29N3O3/c1-18-15-27(16-19(2)30-18)12-6-11-26-24(28)20-9-5-10-23(13-20)29-17-22-8-4-3-7-21(22)14-25/h3-5,7-10,13,18-19H,6,11-12,15-17H2,1-2H3,(H,26,28). The van der Waals surface area contributed by atoms with Crippen LogP contribution >= 0.6 is 0 Å². The van der Waals surface area contributed by atoms with Crippen LogP contribution in [0.1, 0.15) is 41.8 Å². The molecule has 1 amide bonds. The van der Waals surface area contributed by atoms with E-state index in [0.717, 1.165) is 31.6 Å². The van der Waals surface area contributed by atoms with Gasteiger partial charge in [-0.15, -0.1) is 0 Å². The summed E-state index contributed by atoms with van der Waals surface area (Å²) in [5.41, 5.74) is 1.98. The van der Waals surface area contributed by atoms with E-state index in [2.05, 4.69) is 30.1 Å². The van der Waals surface area contributed by atoms with Gasteiger partial charge in [0.2, 0.25) is 0 Å². The van der Waals surface area contributed by atoms with Crippen molar-refractivity contribution < 1.29 is 14.3 Å². The van der Waals surface area contributed by atoms with E-state index < -0.39 is 0 Å². The van der Waals surface area contributed by atoms with Crippen molar-refractivity contribution in [3.63, 3.8) is 0 Å². The van der Waals surface area contributed by atoms with E-state index in [1.54, 1.807) is 24.3 Å². The first-order valence-electron chi connectivity index (χ1n) is 10.4. The highest BCUT2D eigenvalue weighted by molar-refractivity contribution is 5.94. The second kappa shape index (κ2) is 10.8. The molecule has 3 rings (SSSR count).